The van der Waals surface area contributed by atoms with Crippen molar-refractivity contribution in [1.82, 2.24) is 14.4 Å². The van der Waals surface area contributed by atoms with Crippen LogP contribution in [0.25, 0.3) is 16.9 Å². The number of aromatic nitrogens is 3. The van der Waals surface area contributed by atoms with E-state index in [0.29, 0.717) is 0 Å². The highest BCUT2D eigenvalue weighted by atomic mass is 16.3. The van der Waals surface area contributed by atoms with Crippen molar-refractivity contribution in [3.05, 3.63) is 72.2 Å². The van der Waals surface area contributed by atoms with Crippen LogP contribution in [0.5, 0.6) is 5.75 Å². The van der Waals surface area contributed by atoms with Gasteiger partial charge in [0.2, 0.25) is 0 Å². The van der Waals surface area contributed by atoms with E-state index in [1.165, 1.54) is 11.1 Å². The van der Waals surface area contributed by atoms with Crippen LogP contribution in [0.3, 0.4) is 0 Å². The zero-order chi connectivity index (χ0) is 17.4. The van der Waals surface area contributed by atoms with Crippen LogP contribution >= 0.6 is 0 Å². The Balaban J connectivity index is 1.88. The van der Waals surface area contributed by atoms with Crippen molar-refractivity contribution in [1.29, 1.82) is 0 Å². The molecule has 2 aromatic heterocycles. The van der Waals surface area contributed by atoms with Crippen molar-refractivity contribution in [3.63, 3.8) is 0 Å². The molecule has 4 rings (SSSR count). The van der Waals surface area contributed by atoms with Crippen molar-refractivity contribution in [2.45, 2.75) is 13.8 Å². The van der Waals surface area contributed by atoms with Crippen LogP contribution in [0, 0.1) is 13.8 Å². The number of benzene rings is 2. The molecule has 0 saturated carbocycles. The summed E-state index contributed by atoms with van der Waals surface area (Å²) in [6, 6.07) is 13.4. The first kappa shape index (κ1) is 15.2. The third-order valence-corrected chi connectivity index (χ3v) is 4.21. The predicted octanol–water partition coefficient (Wildman–Crippen LogP) is 4.46. The summed E-state index contributed by atoms with van der Waals surface area (Å²) in [7, 11) is 0. The number of imidazole rings is 1. The molecular weight excluding hydrogens is 312 g/mol. The van der Waals surface area contributed by atoms with Gasteiger partial charge in [0.15, 0.2) is 5.65 Å². The standard InChI is InChI=1S/C20H18N4O/c1-13-3-8-17(14(2)11-13)22-20-19(15-4-6-16(25)7-5-15)23-18-12-21-9-10-24(18)20/h3-12,22,25H,1-2H3. The minimum absolute atomic E-state index is 0.234. The SMILES string of the molecule is Cc1ccc(Nc2c(-c3ccc(O)cc3)nc3cnccn23)c(C)c1. The number of phenolic OH excluding ortho intramolecular Hbond substituents is 1. The minimum atomic E-state index is 0.234. The maximum absolute atomic E-state index is 9.56. The van der Waals surface area contributed by atoms with E-state index in [2.05, 4.69) is 42.3 Å². The molecule has 0 aliphatic heterocycles. The number of nitrogens with zero attached hydrogens (tertiary/aromatic N) is 3. The zero-order valence-electron chi connectivity index (χ0n) is 14.1. The van der Waals surface area contributed by atoms with Crippen molar-refractivity contribution >= 4 is 17.2 Å². The molecule has 0 unspecified atom stereocenters. The van der Waals surface area contributed by atoms with Gasteiger partial charge >= 0.3 is 0 Å². The van der Waals surface area contributed by atoms with Crippen LogP contribution in [0.4, 0.5) is 11.5 Å². The summed E-state index contributed by atoms with van der Waals surface area (Å²) in [5, 5.41) is 13.1. The largest absolute Gasteiger partial charge is 0.508 e. The van der Waals surface area contributed by atoms with Crippen LogP contribution in [0.2, 0.25) is 0 Å². The summed E-state index contributed by atoms with van der Waals surface area (Å²) in [5.74, 6) is 1.10. The lowest BCUT2D eigenvalue weighted by atomic mass is 10.1. The number of rotatable bonds is 3. The van der Waals surface area contributed by atoms with E-state index < -0.39 is 0 Å². The van der Waals surface area contributed by atoms with Gasteiger partial charge in [-0.2, -0.15) is 0 Å². The van der Waals surface area contributed by atoms with Gasteiger partial charge in [0.25, 0.3) is 0 Å². The van der Waals surface area contributed by atoms with Gasteiger partial charge in [-0.3, -0.25) is 9.38 Å². The highest BCUT2D eigenvalue weighted by Crippen LogP contribution is 2.32. The average Bonchev–Trinajstić information content (AvgIpc) is 2.97. The predicted molar refractivity (Wildman–Crippen MR) is 99.3 cm³/mol. The lowest BCUT2D eigenvalue weighted by Gasteiger charge is -2.12. The first-order valence-corrected chi connectivity index (χ1v) is 8.07. The zero-order valence-corrected chi connectivity index (χ0v) is 14.1. The number of nitrogens with one attached hydrogen (secondary N) is 1. The number of phenols is 1. The van der Waals surface area contributed by atoms with Crippen molar-refractivity contribution in [3.8, 4) is 17.0 Å². The van der Waals surface area contributed by atoms with Crippen LogP contribution in [-0.4, -0.2) is 19.5 Å². The van der Waals surface area contributed by atoms with Gasteiger partial charge in [0.1, 0.15) is 17.3 Å². The van der Waals surface area contributed by atoms with Gasteiger partial charge in [-0.1, -0.05) is 17.7 Å². The van der Waals surface area contributed by atoms with Crippen LogP contribution < -0.4 is 5.32 Å². The highest BCUT2D eigenvalue weighted by molar-refractivity contribution is 5.80. The third-order valence-electron chi connectivity index (χ3n) is 4.21. The van der Waals surface area contributed by atoms with Gasteiger partial charge in [-0.15, -0.1) is 0 Å². The molecule has 2 heterocycles. The lowest BCUT2D eigenvalue weighted by Crippen LogP contribution is -1.99. The molecule has 0 spiro atoms. The fourth-order valence-corrected chi connectivity index (χ4v) is 2.93. The number of aromatic hydroxyl groups is 1. The van der Waals surface area contributed by atoms with E-state index in [4.69, 9.17) is 4.98 Å². The molecule has 0 amide bonds. The molecule has 0 atom stereocenters. The highest BCUT2D eigenvalue weighted by Gasteiger charge is 2.15. The molecule has 0 aliphatic carbocycles. The first-order valence-electron chi connectivity index (χ1n) is 8.07. The smallest absolute Gasteiger partial charge is 0.157 e. The van der Waals surface area contributed by atoms with Crippen molar-refractivity contribution < 1.29 is 5.11 Å². The Labute approximate surface area is 145 Å². The monoisotopic (exact) mass is 330 g/mol. The molecule has 5 nitrogen and oxygen atoms in total. The molecule has 0 radical (unpaired) electrons. The summed E-state index contributed by atoms with van der Waals surface area (Å²) in [4.78, 5) is 8.87. The Morgan fingerprint density at radius 1 is 1.04 bits per heavy atom. The fraction of sp³-hybridized carbons (Fsp3) is 0.100. The second-order valence-electron chi connectivity index (χ2n) is 6.10. The van der Waals surface area contributed by atoms with Crippen molar-refractivity contribution in [2.24, 2.45) is 0 Å². The fourth-order valence-electron chi connectivity index (χ4n) is 2.93. The Kier molecular flexibility index (Phi) is 3.61. The maximum Gasteiger partial charge on any atom is 0.157 e. The minimum Gasteiger partial charge on any atom is -0.508 e. The van der Waals surface area contributed by atoms with Crippen molar-refractivity contribution in [2.75, 3.05) is 5.32 Å². The Morgan fingerprint density at radius 3 is 2.60 bits per heavy atom. The summed E-state index contributed by atoms with van der Waals surface area (Å²) in [6.07, 6.45) is 5.36. The maximum atomic E-state index is 9.56. The van der Waals surface area contributed by atoms with Gasteiger partial charge in [0.05, 0.1) is 6.20 Å². The second-order valence-corrected chi connectivity index (χ2v) is 6.10. The normalized spacial score (nSPS) is 11.0. The summed E-state index contributed by atoms with van der Waals surface area (Å²) in [5.41, 5.74) is 5.92. The Bertz CT molecular complexity index is 1050. The Hall–Kier alpha value is -3.34. The number of hydrogen-bond donors (Lipinski definition) is 2. The summed E-state index contributed by atoms with van der Waals surface area (Å²) in [6.45, 7) is 4.17. The Morgan fingerprint density at radius 2 is 1.84 bits per heavy atom. The van der Waals surface area contributed by atoms with Crippen LogP contribution in [0.15, 0.2) is 61.1 Å². The lowest BCUT2D eigenvalue weighted by molar-refractivity contribution is 0.475. The summed E-state index contributed by atoms with van der Waals surface area (Å²) >= 11 is 0. The van der Waals surface area contributed by atoms with Gasteiger partial charge in [-0.05, 0) is 49.7 Å². The molecule has 4 aromatic rings. The van der Waals surface area contributed by atoms with E-state index in [9.17, 15) is 5.11 Å². The van der Waals surface area contributed by atoms with E-state index in [1.54, 1.807) is 24.5 Å². The van der Waals surface area contributed by atoms with E-state index in [0.717, 1.165) is 28.4 Å². The average molecular weight is 330 g/mol. The number of hydrogen-bond acceptors (Lipinski definition) is 4. The molecule has 0 saturated heterocycles. The third kappa shape index (κ3) is 2.80. The van der Waals surface area contributed by atoms with E-state index >= 15 is 0 Å². The molecule has 2 aromatic carbocycles. The molecular formula is C20H18N4O. The van der Waals surface area contributed by atoms with Crippen LogP contribution in [-0.2, 0) is 0 Å². The second kappa shape index (κ2) is 5.94. The van der Waals surface area contributed by atoms with Gasteiger partial charge < -0.3 is 10.4 Å². The quantitative estimate of drug-likeness (QED) is 0.582. The molecule has 0 bridgehead atoms. The molecule has 25 heavy (non-hydrogen) atoms. The molecule has 0 aliphatic rings. The molecule has 0 fully saturated rings. The number of fused-ring (bicyclic) bond motifs is 1. The molecule has 5 heteroatoms. The number of aryl methyl sites for hydroxylation is 2. The van der Waals surface area contributed by atoms with Gasteiger partial charge in [0, 0.05) is 23.6 Å². The molecule has 2 N–H and O–H groups in total. The topological polar surface area (TPSA) is 62.5 Å². The molecule has 124 valence electrons. The number of anilines is 2. The van der Waals surface area contributed by atoms with Crippen LogP contribution in [0.1, 0.15) is 11.1 Å². The van der Waals surface area contributed by atoms with E-state index in [-0.39, 0.29) is 5.75 Å². The van der Waals surface area contributed by atoms with Gasteiger partial charge in [-0.25, -0.2) is 4.98 Å². The summed E-state index contributed by atoms with van der Waals surface area (Å²) < 4.78 is 1.98. The van der Waals surface area contributed by atoms with E-state index in [1.807, 2.05) is 22.7 Å². The first-order chi connectivity index (χ1) is 12.1.